The molecule has 0 aromatic carbocycles. The van der Waals surface area contributed by atoms with Crippen molar-refractivity contribution in [1.82, 2.24) is 15.0 Å². The molecule has 24 heavy (non-hydrogen) atoms. The lowest BCUT2D eigenvalue weighted by atomic mass is 9.95. The summed E-state index contributed by atoms with van der Waals surface area (Å²) in [6.45, 7) is 0. The summed E-state index contributed by atoms with van der Waals surface area (Å²) >= 11 is 0. The van der Waals surface area contributed by atoms with Gasteiger partial charge in [-0.15, -0.1) is 0 Å². The maximum Gasteiger partial charge on any atom is 0.115 e. The van der Waals surface area contributed by atoms with Crippen LogP contribution in [-0.4, -0.2) is 26.2 Å². The van der Waals surface area contributed by atoms with Crippen molar-refractivity contribution in [2.45, 2.75) is 57.5 Å². The normalized spacial score (nSPS) is 15.4. The number of hydrogen-bond acceptors (Lipinski definition) is 4. The van der Waals surface area contributed by atoms with Crippen LogP contribution in [0.5, 0.6) is 0 Å². The summed E-state index contributed by atoms with van der Waals surface area (Å²) in [6, 6.07) is 4.44. The minimum absolute atomic E-state index is 0.415. The summed E-state index contributed by atoms with van der Waals surface area (Å²) < 4.78 is 0. The van der Waals surface area contributed by atoms with E-state index in [0.717, 1.165) is 37.7 Å². The molecule has 0 amide bonds. The summed E-state index contributed by atoms with van der Waals surface area (Å²) in [5.41, 5.74) is 4.86. The second kappa shape index (κ2) is 8.69. The van der Waals surface area contributed by atoms with Crippen molar-refractivity contribution >= 4 is 6.08 Å². The SMILES string of the molecule is O[C@@H](/C=C/c1cncnc1)CCCCc1ccc2c(n1)CCCC2. The van der Waals surface area contributed by atoms with Crippen molar-refractivity contribution in [3.63, 3.8) is 0 Å². The van der Waals surface area contributed by atoms with Crippen LogP contribution in [0.15, 0.2) is 36.9 Å². The molecule has 0 aliphatic heterocycles. The highest BCUT2D eigenvalue weighted by atomic mass is 16.3. The number of aliphatic hydroxyl groups excluding tert-OH is 1. The number of pyridine rings is 1. The second-order valence-corrected chi connectivity index (χ2v) is 6.46. The first-order valence-electron chi connectivity index (χ1n) is 8.90. The molecule has 0 radical (unpaired) electrons. The number of aryl methyl sites for hydroxylation is 3. The van der Waals surface area contributed by atoms with Gasteiger partial charge in [0.2, 0.25) is 0 Å². The Bertz CT molecular complexity index is 670. The quantitative estimate of drug-likeness (QED) is 0.792. The van der Waals surface area contributed by atoms with Crippen LogP contribution in [0.3, 0.4) is 0 Å². The molecule has 4 heteroatoms. The highest BCUT2D eigenvalue weighted by Crippen LogP contribution is 2.20. The fourth-order valence-electron chi connectivity index (χ4n) is 3.14. The molecule has 2 heterocycles. The Morgan fingerprint density at radius 3 is 2.79 bits per heavy atom. The van der Waals surface area contributed by atoms with Crippen molar-refractivity contribution in [2.24, 2.45) is 0 Å². The van der Waals surface area contributed by atoms with Gasteiger partial charge in [-0.25, -0.2) is 9.97 Å². The van der Waals surface area contributed by atoms with Gasteiger partial charge in [0, 0.05) is 29.3 Å². The zero-order valence-corrected chi connectivity index (χ0v) is 14.1. The molecular weight excluding hydrogens is 298 g/mol. The largest absolute Gasteiger partial charge is 0.389 e. The molecule has 4 nitrogen and oxygen atoms in total. The fraction of sp³-hybridized carbons (Fsp3) is 0.450. The van der Waals surface area contributed by atoms with Crippen LogP contribution in [0.25, 0.3) is 6.08 Å². The molecule has 1 aliphatic rings. The van der Waals surface area contributed by atoms with E-state index in [-0.39, 0.29) is 0 Å². The van der Waals surface area contributed by atoms with Crippen LogP contribution >= 0.6 is 0 Å². The number of rotatable bonds is 7. The van der Waals surface area contributed by atoms with Gasteiger partial charge in [0.15, 0.2) is 0 Å². The highest BCUT2D eigenvalue weighted by Gasteiger charge is 2.10. The number of unbranched alkanes of at least 4 members (excludes halogenated alkanes) is 1. The number of aromatic nitrogens is 3. The van der Waals surface area contributed by atoms with E-state index in [1.807, 2.05) is 12.2 Å². The van der Waals surface area contributed by atoms with Crippen molar-refractivity contribution in [1.29, 1.82) is 0 Å². The highest BCUT2D eigenvalue weighted by molar-refractivity contribution is 5.46. The van der Waals surface area contributed by atoms with E-state index in [1.165, 1.54) is 42.5 Å². The van der Waals surface area contributed by atoms with Gasteiger partial charge in [-0.05, 0) is 56.6 Å². The van der Waals surface area contributed by atoms with E-state index in [0.29, 0.717) is 0 Å². The molecule has 0 unspecified atom stereocenters. The molecular formula is C20H25N3O. The maximum absolute atomic E-state index is 10.0. The van der Waals surface area contributed by atoms with E-state index in [9.17, 15) is 5.11 Å². The van der Waals surface area contributed by atoms with Gasteiger partial charge in [-0.1, -0.05) is 24.6 Å². The predicted molar refractivity (Wildman–Crippen MR) is 95.5 cm³/mol. The molecule has 0 saturated heterocycles. The standard InChI is InChI=1S/C20H25N3O/c24-19(12-9-16-13-21-15-22-14-16)7-3-2-6-18-11-10-17-5-1-4-8-20(17)23-18/h9-15,19,24H,1-8H2/b12-9+/t19-/m1/s1. The van der Waals surface area contributed by atoms with E-state index in [4.69, 9.17) is 4.98 Å². The molecule has 0 spiro atoms. The molecule has 126 valence electrons. The van der Waals surface area contributed by atoms with Crippen molar-refractivity contribution in [3.8, 4) is 0 Å². The minimum atomic E-state index is -0.415. The van der Waals surface area contributed by atoms with Crippen LogP contribution < -0.4 is 0 Å². The summed E-state index contributed by atoms with van der Waals surface area (Å²) in [5, 5.41) is 10.0. The fourth-order valence-corrected chi connectivity index (χ4v) is 3.14. The number of nitrogens with zero attached hydrogens (tertiary/aromatic N) is 3. The Labute approximate surface area is 143 Å². The smallest absolute Gasteiger partial charge is 0.115 e. The lowest BCUT2D eigenvalue weighted by Crippen LogP contribution is -2.07. The van der Waals surface area contributed by atoms with Crippen molar-refractivity contribution in [2.75, 3.05) is 0 Å². The Morgan fingerprint density at radius 2 is 1.92 bits per heavy atom. The van der Waals surface area contributed by atoms with Gasteiger partial charge in [-0.2, -0.15) is 0 Å². The van der Waals surface area contributed by atoms with Crippen molar-refractivity contribution < 1.29 is 5.11 Å². The molecule has 2 aromatic rings. The zero-order chi connectivity index (χ0) is 16.6. The van der Waals surface area contributed by atoms with E-state index in [2.05, 4.69) is 22.1 Å². The van der Waals surface area contributed by atoms with Gasteiger partial charge >= 0.3 is 0 Å². The molecule has 0 bridgehead atoms. The van der Waals surface area contributed by atoms with E-state index >= 15 is 0 Å². The third-order valence-corrected chi connectivity index (χ3v) is 4.51. The van der Waals surface area contributed by atoms with Crippen LogP contribution in [0.2, 0.25) is 0 Å². The number of aliphatic hydroxyl groups is 1. The van der Waals surface area contributed by atoms with E-state index < -0.39 is 6.10 Å². The van der Waals surface area contributed by atoms with Crippen LogP contribution in [-0.2, 0) is 19.3 Å². The Morgan fingerprint density at radius 1 is 1.08 bits per heavy atom. The average Bonchev–Trinajstić information content (AvgIpc) is 2.64. The van der Waals surface area contributed by atoms with Crippen molar-refractivity contribution in [3.05, 3.63) is 59.4 Å². The molecule has 3 rings (SSSR count). The topological polar surface area (TPSA) is 58.9 Å². The summed E-state index contributed by atoms with van der Waals surface area (Å²) in [6.07, 6.45) is 17.0. The maximum atomic E-state index is 10.0. The first-order valence-corrected chi connectivity index (χ1v) is 8.90. The Kier molecular flexibility index (Phi) is 6.07. The average molecular weight is 323 g/mol. The van der Waals surface area contributed by atoms with Gasteiger partial charge in [-0.3, -0.25) is 4.98 Å². The summed E-state index contributed by atoms with van der Waals surface area (Å²) in [4.78, 5) is 12.7. The van der Waals surface area contributed by atoms with Crippen LogP contribution in [0, 0.1) is 0 Å². The minimum Gasteiger partial charge on any atom is -0.389 e. The third-order valence-electron chi connectivity index (χ3n) is 4.51. The first-order chi connectivity index (χ1) is 11.8. The third kappa shape index (κ3) is 4.96. The predicted octanol–water partition coefficient (Wildman–Crippen LogP) is 3.54. The number of fused-ring (bicyclic) bond motifs is 1. The Hall–Kier alpha value is -2.07. The van der Waals surface area contributed by atoms with Crippen LogP contribution in [0.4, 0.5) is 0 Å². The second-order valence-electron chi connectivity index (χ2n) is 6.46. The molecule has 0 saturated carbocycles. The monoisotopic (exact) mass is 323 g/mol. The van der Waals surface area contributed by atoms with Gasteiger partial charge in [0.25, 0.3) is 0 Å². The van der Waals surface area contributed by atoms with Gasteiger partial charge in [0.05, 0.1) is 6.10 Å². The van der Waals surface area contributed by atoms with Gasteiger partial charge in [0.1, 0.15) is 6.33 Å². The lowest BCUT2D eigenvalue weighted by molar-refractivity contribution is 0.209. The molecule has 0 fully saturated rings. The van der Waals surface area contributed by atoms with Gasteiger partial charge < -0.3 is 5.11 Å². The first kappa shape index (κ1) is 16.8. The van der Waals surface area contributed by atoms with Crippen LogP contribution in [0.1, 0.15) is 54.6 Å². The molecule has 1 atom stereocenters. The Balaban J connectivity index is 1.40. The molecule has 2 aromatic heterocycles. The van der Waals surface area contributed by atoms with E-state index in [1.54, 1.807) is 12.4 Å². The summed E-state index contributed by atoms with van der Waals surface area (Å²) in [7, 11) is 0. The zero-order valence-electron chi connectivity index (χ0n) is 14.1. The lowest BCUT2D eigenvalue weighted by Gasteiger charge is -2.15. The molecule has 1 N–H and O–H groups in total. The number of hydrogen-bond donors (Lipinski definition) is 1. The molecule has 1 aliphatic carbocycles. The summed E-state index contributed by atoms with van der Waals surface area (Å²) in [5.74, 6) is 0.